The minimum atomic E-state index is -0.0213. The normalized spacial score (nSPS) is 19.3. The summed E-state index contributed by atoms with van der Waals surface area (Å²) < 4.78 is 12.9. The quantitative estimate of drug-likeness (QED) is 0.291. The molecule has 4 N–H and O–H groups in total. The third-order valence-corrected chi connectivity index (χ3v) is 8.69. The van der Waals surface area contributed by atoms with Crippen LogP contribution in [0.5, 0.6) is 11.5 Å². The van der Waals surface area contributed by atoms with Crippen LogP contribution in [-0.4, -0.2) is 13.2 Å². The van der Waals surface area contributed by atoms with E-state index in [4.69, 9.17) is 20.9 Å². The van der Waals surface area contributed by atoms with Gasteiger partial charge in [0.25, 0.3) is 0 Å². The molecule has 0 bridgehead atoms. The average Bonchev–Trinajstić information content (AvgIpc) is 2.93. The molecule has 2 aliphatic carbocycles. The van der Waals surface area contributed by atoms with Gasteiger partial charge >= 0.3 is 0 Å². The van der Waals surface area contributed by atoms with Gasteiger partial charge in [-0.05, 0) is 67.9 Å². The molecular formula is C32H50N2O2. The molecule has 2 aliphatic rings. The Balaban J connectivity index is 1.79. The first kappa shape index (κ1) is 27.3. The molecule has 0 aromatic heterocycles. The van der Waals surface area contributed by atoms with Gasteiger partial charge in [-0.2, -0.15) is 0 Å². The van der Waals surface area contributed by atoms with E-state index >= 15 is 0 Å². The Kier molecular flexibility index (Phi) is 10.4. The first-order valence-corrected chi connectivity index (χ1v) is 15.0. The molecule has 0 saturated heterocycles. The SMILES string of the molecule is CCCCOc1ccc2c(OCCCC)c(C(N)C3CCCCC3)ccc2c1C(N)C1CCCCC1. The fourth-order valence-electron chi connectivity index (χ4n) is 6.41. The third kappa shape index (κ3) is 6.37. The van der Waals surface area contributed by atoms with Crippen LogP contribution in [-0.2, 0) is 0 Å². The van der Waals surface area contributed by atoms with Gasteiger partial charge in [0, 0.05) is 28.6 Å². The second-order valence-corrected chi connectivity index (χ2v) is 11.3. The van der Waals surface area contributed by atoms with Crippen molar-refractivity contribution in [3.63, 3.8) is 0 Å². The van der Waals surface area contributed by atoms with Gasteiger partial charge in [-0.3, -0.25) is 0 Å². The molecule has 0 spiro atoms. The molecule has 0 amide bonds. The van der Waals surface area contributed by atoms with Gasteiger partial charge in [0.2, 0.25) is 0 Å². The summed E-state index contributed by atoms with van der Waals surface area (Å²) in [6.45, 7) is 5.87. The van der Waals surface area contributed by atoms with Crippen LogP contribution in [0.1, 0.15) is 127 Å². The fraction of sp³-hybridized carbons (Fsp3) is 0.688. The highest BCUT2D eigenvalue weighted by Crippen LogP contribution is 2.45. The number of nitrogens with two attached hydrogens (primary N) is 2. The molecule has 2 saturated carbocycles. The highest BCUT2D eigenvalue weighted by atomic mass is 16.5. The van der Waals surface area contributed by atoms with Crippen molar-refractivity contribution in [1.29, 1.82) is 0 Å². The molecule has 0 aliphatic heterocycles. The van der Waals surface area contributed by atoms with Crippen molar-refractivity contribution in [3.05, 3.63) is 35.4 Å². The van der Waals surface area contributed by atoms with Crippen LogP contribution in [0, 0.1) is 11.8 Å². The first-order valence-electron chi connectivity index (χ1n) is 15.0. The summed E-state index contributed by atoms with van der Waals surface area (Å²) in [6, 6.07) is 8.86. The maximum atomic E-state index is 7.08. The molecule has 4 heteroatoms. The van der Waals surface area contributed by atoms with Gasteiger partial charge in [0.15, 0.2) is 0 Å². The number of unbranched alkanes of at least 4 members (excludes halogenated alkanes) is 2. The van der Waals surface area contributed by atoms with Gasteiger partial charge in [0.05, 0.1) is 13.2 Å². The lowest BCUT2D eigenvalue weighted by molar-refractivity contribution is 0.281. The molecular weight excluding hydrogens is 444 g/mol. The van der Waals surface area contributed by atoms with Crippen molar-refractivity contribution in [2.75, 3.05) is 13.2 Å². The lowest BCUT2D eigenvalue weighted by atomic mass is 9.79. The number of hydrogen-bond donors (Lipinski definition) is 2. The Labute approximate surface area is 219 Å². The predicted octanol–water partition coefficient (Wildman–Crippen LogP) is 8.36. The molecule has 4 rings (SSSR count). The van der Waals surface area contributed by atoms with E-state index in [9.17, 15) is 0 Å². The Morgan fingerprint density at radius 1 is 0.694 bits per heavy atom. The topological polar surface area (TPSA) is 70.5 Å². The van der Waals surface area contributed by atoms with Crippen molar-refractivity contribution in [1.82, 2.24) is 0 Å². The van der Waals surface area contributed by atoms with Gasteiger partial charge in [-0.15, -0.1) is 0 Å². The zero-order valence-electron chi connectivity index (χ0n) is 22.9. The van der Waals surface area contributed by atoms with Gasteiger partial charge < -0.3 is 20.9 Å². The van der Waals surface area contributed by atoms with E-state index in [2.05, 4.69) is 38.1 Å². The summed E-state index contributed by atoms with van der Waals surface area (Å²) in [6.07, 6.45) is 17.0. The van der Waals surface area contributed by atoms with E-state index in [0.717, 1.165) is 55.8 Å². The van der Waals surface area contributed by atoms with Gasteiger partial charge in [-0.1, -0.05) is 77.3 Å². The highest BCUT2D eigenvalue weighted by molar-refractivity contribution is 5.94. The van der Waals surface area contributed by atoms with Crippen LogP contribution in [0.3, 0.4) is 0 Å². The van der Waals surface area contributed by atoms with Crippen molar-refractivity contribution < 1.29 is 9.47 Å². The van der Waals surface area contributed by atoms with E-state index in [-0.39, 0.29) is 12.1 Å². The lowest BCUT2D eigenvalue weighted by Crippen LogP contribution is -2.25. The lowest BCUT2D eigenvalue weighted by Gasteiger charge is -2.31. The molecule has 4 nitrogen and oxygen atoms in total. The minimum absolute atomic E-state index is 0.0160. The van der Waals surface area contributed by atoms with Gasteiger partial charge in [0.1, 0.15) is 11.5 Å². The minimum Gasteiger partial charge on any atom is -0.493 e. The third-order valence-electron chi connectivity index (χ3n) is 8.69. The summed E-state index contributed by atoms with van der Waals surface area (Å²) >= 11 is 0. The summed E-state index contributed by atoms with van der Waals surface area (Å²) in [5.41, 5.74) is 16.4. The smallest absolute Gasteiger partial charge is 0.131 e. The van der Waals surface area contributed by atoms with Crippen LogP contribution in [0.25, 0.3) is 10.8 Å². The molecule has 0 radical (unpaired) electrons. The molecule has 2 fully saturated rings. The van der Waals surface area contributed by atoms with Crippen LogP contribution in [0.15, 0.2) is 24.3 Å². The first-order chi connectivity index (χ1) is 17.7. The largest absolute Gasteiger partial charge is 0.493 e. The zero-order chi connectivity index (χ0) is 25.3. The van der Waals surface area contributed by atoms with Crippen LogP contribution in [0.4, 0.5) is 0 Å². The van der Waals surface area contributed by atoms with E-state index in [0.29, 0.717) is 11.8 Å². The summed E-state index contributed by atoms with van der Waals surface area (Å²) in [7, 11) is 0. The molecule has 200 valence electrons. The Morgan fingerprint density at radius 2 is 1.25 bits per heavy atom. The number of hydrogen-bond acceptors (Lipinski definition) is 4. The predicted molar refractivity (Wildman–Crippen MR) is 152 cm³/mol. The zero-order valence-corrected chi connectivity index (χ0v) is 22.9. The van der Waals surface area contributed by atoms with Crippen molar-refractivity contribution >= 4 is 10.8 Å². The number of fused-ring (bicyclic) bond motifs is 1. The summed E-state index contributed by atoms with van der Waals surface area (Å²) in [4.78, 5) is 0. The van der Waals surface area contributed by atoms with Crippen LogP contribution >= 0.6 is 0 Å². The maximum Gasteiger partial charge on any atom is 0.131 e. The fourth-order valence-corrected chi connectivity index (χ4v) is 6.41. The molecule has 2 aromatic rings. The molecule has 0 heterocycles. The van der Waals surface area contributed by atoms with E-state index in [1.54, 1.807) is 0 Å². The van der Waals surface area contributed by atoms with E-state index in [1.165, 1.54) is 80.7 Å². The van der Waals surface area contributed by atoms with Gasteiger partial charge in [-0.25, -0.2) is 0 Å². The Morgan fingerprint density at radius 3 is 1.86 bits per heavy atom. The van der Waals surface area contributed by atoms with Crippen LogP contribution < -0.4 is 20.9 Å². The summed E-state index contributed by atoms with van der Waals surface area (Å²) in [5.74, 6) is 2.98. The van der Waals surface area contributed by atoms with Crippen molar-refractivity contribution in [3.8, 4) is 11.5 Å². The van der Waals surface area contributed by atoms with E-state index in [1.807, 2.05) is 0 Å². The number of benzene rings is 2. The number of rotatable bonds is 12. The molecule has 36 heavy (non-hydrogen) atoms. The highest BCUT2D eigenvalue weighted by Gasteiger charge is 2.29. The standard InChI is InChI=1S/C32H50N2O2/c1-3-5-21-35-28-20-19-26-25(29(28)31(34)24-15-11-8-12-16-24)17-18-27(32(26)36-22-6-4-2)30(33)23-13-9-7-10-14-23/h17-20,23-24,30-31H,3-16,21-22,33-34H2,1-2H3. The van der Waals surface area contributed by atoms with Crippen molar-refractivity contribution in [2.45, 2.75) is 116 Å². The average molecular weight is 495 g/mol. The molecule has 2 unspecified atom stereocenters. The molecule has 2 atom stereocenters. The van der Waals surface area contributed by atoms with Crippen molar-refractivity contribution in [2.24, 2.45) is 23.3 Å². The van der Waals surface area contributed by atoms with Crippen LogP contribution in [0.2, 0.25) is 0 Å². The van der Waals surface area contributed by atoms with E-state index < -0.39 is 0 Å². The maximum absolute atomic E-state index is 7.08. The second-order valence-electron chi connectivity index (χ2n) is 11.3. The summed E-state index contributed by atoms with van der Waals surface area (Å²) in [5, 5.41) is 2.34. The monoisotopic (exact) mass is 494 g/mol. The molecule has 2 aromatic carbocycles. The second kappa shape index (κ2) is 13.7. The Hall–Kier alpha value is -1.78. The number of ether oxygens (including phenoxy) is 2. The Bertz CT molecular complexity index is 947.